The highest BCUT2D eigenvalue weighted by atomic mass is 19.4. The van der Waals surface area contributed by atoms with Crippen molar-refractivity contribution < 1.29 is 17.9 Å². The van der Waals surface area contributed by atoms with Gasteiger partial charge in [-0.05, 0) is 45.1 Å². The number of benzene rings is 1. The lowest BCUT2D eigenvalue weighted by molar-refractivity contribution is -0.140. The van der Waals surface area contributed by atoms with E-state index in [0.717, 1.165) is 43.1 Å². The van der Waals surface area contributed by atoms with Crippen LogP contribution in [-0.4, -0.2) is 52.3 Å². The van der Waals surface area contributed by atoms with Gasteiger partial charge in [0.25, 0.3) is 0 Å². The molecule has 13 heteroatoms. The van der Waals surface area contributed by atoms with Gasteiger partial charge in [0.05, 0.1) is 12.8 Å². The summed E-state index contributed by atoms with van der Waals surface area (Å²) in [6.07, 6.45) is 5.70. The number of hydrogen-bond acceptors (Lipinski definition) is 8. The molecule has 2 saturated carbocycles. The first kappa shape index (κ1) is 27.3. The number of imidazole rings is 2. The number of halogens is 3. The molecule has 0 saturated heterocycles. The summed E-state index contributed by atoms with van der Waals surface area (Å²) in [7, 11) is 1.58. The summed E-state index contributed by atoms with van der Waals surface area (Å²) < 4.78 is 49.2. The Labute approximate surface area is 245 Å². The van der Waals surface area contributed by atoms with Gasteiger partial charge in [-0.15, -0.1) is 5.10 Å². The number of methoxy groups -OCH3 is 1. The number of anilines is 1. The van der Waals surface area contributed by atoms with Gasteiger partial charge in [0.15, 0.2) is 23.0 Å². The molecule has 0 amide bonds. The molecule has 4 heterocycles. The van der Waals surface area contributed by atoms with Crippen molar-refractivity contribution in [1.82, 2.24) is 39.1 Å². The van der Waals surface area contributed by atoms with E-state index in [0.29, 0.717) is 46.8 Å². The Bertz CT molecular complexity index is 1790. The Morgan fingerprint density at radius 1 is 1.02 bits per heavy atom. The third-order valence-corrected chi connectivity index (χ3v) is 7.86. The van der Waals surface area contributed by atoms with Crippen LogP contribution in [0.15, 0.2) is 49.2 Å². The third-order valence-electron chi connectivity index (χ3n) is 7.86. The number of alkyl halides is 3. The summed E-state index contributed by atoms with van der Waals surface area (Å²) in [5.74, 6) is 2.22. The zero-order valence-electron chi connectivity index (χ0n) is 24.0. The molecule has 0 unspecified atom stereocenters. The molecule has 2 fully saturated rings. The second kappa shape index (κ2) is 10.3. The Balaban J connectivity index is 1.25. The van der Waals surface area contributed by atoms with E-state index in [1.807, 2.05) is 38.1 Å². The molecule has 10 nitrogen and oxygen atoms in total. The molecule has 2 aliphatic carbocycles. The van der Waals surface area contributed by atoms with Gasteiger partial charge in [0.2, 0.25) is 5.88 Å². The van der Waals surface area contributed by atoms with Crippen LogP contribution in [0.5, 0.6) is 5.88 Å². The van der Waals surface area contributed by atoms with Gasteiger partial charge in [-0.3, -0.25) is 0 Å². The van der Waals surface area contributed by atoms with E-state index >= 15 is 0 Å². The maximum absolute atomic E-state index is 13.4. The lowest BCUT2D eigenvalue weighted by atomic mass is 10.1. The minimum atomic E-state index is -4.51. The number of hydrogen-bond donors (Lipinski definition) is 0. The number of ether oxygens (including phenoxy) is 1. The van der Waals surface area contributed by atoms with Crippen LogP contribution in [0.2, 0.25) is 0 Å². The number of nitrogens with zero attached hydrogens (tertiary/aromatic N) is 9. The Kier molecular flexibility index (Phi) is 6.55. The quantitative estimate of drug-likeness (QED) is 0.203. The van der Waals surface area contributed by atoms with E-state index in [1.165, 1.54) is 6.33 Å². The minimum Gasteiger partial charge on any atom is -0.480 e. The van der Waals surface area contributed by atoms with Crippen LogP contribution in [0.3, 0.4) is 0 Å². The van der Waals surface area contributed by atoms with Gasteiger partial charge in [-0.25, -0.2) is 29.4 Å². The van der Waals surface area contributed by atoms with Crippen LogP contribution in [0.4, 0.5) is 19.0 Å². The highest BCUT2D eigenvalue weighted by Crippen LogP contribution is 2.45. The topological polar surface area (TPSA) is 99.2 Å². The molecular formula is C30H30F3N9O. The first-order valence-corrected chi connectivity index (χ1v) is 14.3. The zero-order chi connectivity index (χ0) is 29.9. The minimum absolute atomic E-state index is 0.179. The van der Waals surface area contributed by atoms with E-state index < -0.39 is 11.9 Å². The SMILES string of the molecule is COc1ncnc(C2CC2)c1-c1nc(N(Cc2ccc(-c3nc(C(F)(F)F)cn3C(C)C)cc2)C2CC2)c2nccn2n1. The third kappa shape index (κ3) is 5.17. The standard InChI is InChI=1S/C30H30F3N9O/c1-17(2)40-15-22(30(31,32)33)37-26(40)20-6-4-18(5-7-20)14-41(21-10-11-21)28-27-34-12-13-42(27)39-25(38-28)23-24(19-8-9-19)35-16-36-29(23)43-3/h4-7,12-13,15-17,19,21H,8-11,14H2,1-3H3. The van der Waals surface area contributed by atoms with Gasteiger partial charge in [0, 0.05) is 48.7 Å². The molecule has 7 rings (SSSR count). The molecule has 5 aromatic rings. The monoisotopic (exact) mass is 589 g/mol. The number of rotatable bonds is 9. The lowest BCUT2D eigenvalue weighted by Gasteiger charge is -2.24. The van der Waals surface area contributed by atoms with Crippen LogP contribution >= 0.6 is 0 Å². The molecule has 2 aliphatic rings. The van der Waals surface area contributed by atoms with Crippen LogP contribution in [0, 0.1) is 0 Å². The second-order valence-electron chi connectivity index (χ2n) is 11.4. The molecule has 0 radical (unpaired) electrons. The van der Waals surface area contributed by atoms with Crippen molar-refractivity contribution in [2.45, 2.75) is 70.3 Å². The summed E-state index contributed by atoms with van der Waals surface area (Å²) in [4.78, 5) is 24.7. The van der Waals surface area contributed by atoms with Crippen molar-refractivity contribution in [3.63, 3.8) is 0 Å². The molecule has 1 aromatic carbocycles. The first-order chi connectivity index (χ1) is 20.7. The predicted octanol–water partition coefficient (Wildman–Crippen LogP) is 6.10. The Hall–Kier alpha value is -4.55. The molecule has 0 spiro atoms. The van der Waals surface area contributed by atoms with Crippen molar-refractivity contribution in [3.05, 3.63) is 66.1 Å². The van der Waals surface area contributed by atoms with Gasteiger partial charge in [0.1, 0.15) is 17.7 Å². The zero-order valence-corrected chi connectivity index (χ0v) is 24.0. The van der Waals surface area contributed by atoms with Gasteiger partial charge >= 0.3 is 6.18 Å². The molecule has 0 aliphatic heterocycles. The molecule has 0 atom stereocenters. The van der Waals surface area contributed by atoms with Crippen LogP contribution in [0.1, 0.15) is 68.4 Å². The van der Waals surface area contributed by atoms with Crippen molar-refractivity contribution in [3.8, 4) is 28.7 Å². The average Bonchev–Trinajstić information content (AvgIpc) is 3.92. The lowest BCUT2D eigenvalue weighted by Crippen LogP contribution is -2.27. The molecular weight excluding hydrogens is 559 g/mol. The predicted molar refractivity (Wildman–Crippen MR) is 153 cm³/mol. The molecule has 4 aromatic heterocycles. The molecule has 222 valence electrons. The van der Waals surface area contributed by atoms with Gasteiger partial charge < -0.3 is 14.2 Å². The highest BCUT2D eigenvalue weighted by molar-refractivity contribution is 5.72. The largest absolute Gasteiger partial charge is 0.480 e. The molecule has 0 bridgehead atoms. The van der Waals surface area contributed by atoms with Crippen LogP contribution < -0.4 is 9.64 Å². The van der Waals surface area contributed by atoms with E-state index in [4.69, 9.17) is 14.8 Å². The van der Waals surface area contributed by atoms with Crippen LogP contribution in [0.25, 0.3) is 28.4 Å². The van der Waals surface area contributed by atoms with Gasteiger partial charge in [-0.2, -0.15) is 13.2 Å². The molecule has 43 heavy (non-hydrogen) atoms. The fourth-order valence-corrected chi connectivity index (χ4v) is 5.38. The fraction of sp³-hybridized carbons (Fsp3) is 0.400. The van der Waals surface area contributed by atoms with E-state index in [1.54, 1.807) is 28.6 Å². The highest BCUT2D eigenvalue weighted by Gasteiger charge is 2.36. The summed E-state index contributed by atoms with van der Waals surface area (Å²) >= 11 is 0. The van der Waals surface area contributed by atoms with Crippen molar-refractivity contribution >= 4 is 11.5 Å². The van der Waals surface area contributed by atoms with E-state index in [2.05, 4.69) is 24.8 Å². The summed E-state index contributed by atoms with van der Waals surface area (Å²) in [5, 5.41) is 4.77. The Morgan fingerprint density at radius 2 is 1.79 bits per heavy atom. The normalized spacial score (nSPS) is 15.4. The molecule has 0 N–H and O–H groups in total. The number of fused-ring (bicyclic) bond motifs is 1. The van der Waals surface area contributed by atoms with Crippen LogP contribution in [-0.2, 0) is 12.7 Å². The second-order valence-corrected chi connectivity index (χ2v) is 11.4. The van der Waals surface area contributed by atoms with Crippen molar-refractivity contribution in [2.24, 2.45) is 0 Å². The first-order valence-electron chi connectivity index (χ1n) is 14.3. The smallest absolute Gasteiger partial charge is 0.434 e. The summed E-state index contributed by atoms with van der Waals surface area (Å²) in [5.41, 5.74) is 2.93. The maximum Gasteiger partial charge on any atom is 0.434 e. The average molecular weight is 590 g/mol. The fourth-order valence-electron chi connectivity index (χ4n) is 5.38. The Morgan fingerprint density at radius 3 is 2.44 bits per heavy atom. The maximum atomic E-state index is 13.4. The van der Waals surface area contributed by atoms with E-state index in [9.17, 15) is 13.2 Å². The van der Waals surface area contributed by atoms with Crippen molar-refractivity contribution in [1.29, 1.82) is 0 Å². The van der Waals surface area contributed by atoms with Crippen molar-refractivity contribution in [2.75, 3.05) is 12.0 Å². The summed E-state index contributed by atoms with van der Waals surface area (Å²) in [6, 6.07) is 7.61. The summed E-state index contributed by atoms with van der Waals surface area (Å²) in [6.45, 7) is 4.21. The number of aromatic nitrogens is 8. The van der Waals surface area contributed by atoms with Gasteiger partial charge in [-0.1, -0.05) is 24.3 Å². The van der Waals surface area contributed by atoms with E-state index in [-0.39, 0.29) is 17.9 Å².